The van der Waals surface area contributed by atoms with E-state index in [0.717, 1.165) is 75.5 Å². The second-order valence-electron chi connectivity index (χ2n) is 24.2. The highest BCUT2D eigenvalue weighted by molar-refractivity contribution is 6.00. The van der Waals surface area contributed by atoms with Crippen molar-refractivity contribution in [2.75, 3.05) is 13.2 Å². The normalized spacial score (nSPS) is 45.5. The van der Waals surface area contributed by atoms with Crippen molar-refractivity contribution in [1.29, 1.82) is 0 Å². The van der Waals surface area contributed by atoms with Crippen LogP contribution < -0.4 is 16.4 Å². The highest BCUT2D eigenvalue weighted by atomic mass is 16.5. The van der Waals surface area contributed by atoms with Crippen molar-refractivity contribution in [2.24, 2.45) is 58.0 Å². The number of ether oxygens (including phenoxy) is 1. The molecule has 7 fully saturated rings. The summed E-state index contributed by atoms with van der Waals surface area (Å²) in [5, 5.41) is 105. The number of dihydropyridines is 1. The van der Waals surface area contributed by atoms with Crippen LogP contribution in [-0.2, 0) is 9.53 Å². The minimum absolute atomic E-state index is 0.0158. The third-order valence-electron chi connectivity index (χ3n) is 20.8. The van der Waals surface area contributed by atoms with Crippen LogP contribution >= 0.6 is 0 Å². The molecule has 1 unspecified atom stereocenters. The Morgan fingerprint density at radius 2 is 1.69 bits per heavy atom. The molecule has 0 bridgehead atoms. The van der Waals surface area contributed by atoms with Gasteiger partial charge in [-0.05, 0) is 182 Å². The monoisotopic (exact) mass is 952 g/mol. The number of hydrogen-bond donors (Lipinski definition) is 11. The first-order chi connectivity index (χ1) is 32.5. The fourth-order valence-corrected chi connectivity index (χ4v) is 17.8. The maximum absolute atomic E-state index is 15.7. The molecule has 384 valence electrons. The quantitative estimate of drug-likeness (QED) is 0.106. The van der Waals surface area contributed by atoms with E-state index in [1.54, 1.807) is 6.92 Å². The first kappa shape index (κ1) is 51.0. The van der Waals surface area contributed by atoms with E-state index in [9.17, 15) is 40.9 Å². The Kier molecular flexibility index (Phi) is 14.9. The van der Waals surface area contributed by atoms with Gasteiger partial charge in [-0.3, -0.25) is 4.79 Å². The Morgan fingerprint density at radius 3 is 2.43 bits per heavy atom. The number of ketones is 1. The number of hydrogen-bond acceptors (Lipinski definition) is 13. The Balaban J connectivity index is 1.15. The molecular formula is C55H89N3O10. The Hall–Kier alpha value is -1.91. The van der Waals surface area contributed by atoms with Crippen molar-refractivity contribution in [1.82, 2.24) is 10.6 Å². The van der Waals surface area contributed by atoms with Crippen LogP contribution in [0.2, 0.25) is 0 Å². The smallest absolute Gasteiger partial charge is 0.182 e. The fraction of sp³-hybridized carbons (Fsp3) is 0.873. The maximum Gasteiger partial charge on any atom is 0.182 e. The number of aliphatic hydroxyl groups is 8. The van der Waals surface area contributed by atoms with Gasteiger partial charge >= 0.3 is 0 Å². The number of allylic oxidation sites excluding steroid dienone is 4. The maximum atomic E-state index is 15.7. The summed E-state index contributed by atoms with van der Waals surface area (Å²) in [4.78, 5) is 15.7. The molecule has 1 saturated heterocycles. The van der Waals surface area contributed by atoms with Gasteiger partial charge in [0.05, 0.1) is 59.7 Å². The van der Waals surface area contributed by atoms with Gasteiger partial charge in [0.1, 0.15) is 5.60 Å². The van der Waals surface area contributed by atoms with Crippen molar-refractivity contribution in [3.05, 3.63) is 34.7 Å². The van der Waals surface area contributed by atoms with Gasteiger partial charge in [0, 0.05) is 36.1 Å². The largest absolute Gasteiger partial charge is 0.396 e. The van der Waals surface area contributed by atoms with Gasteiger partial charge in [-0.25, -0.2) is 0 Å². The first-order valence-corrected chi connectivity index (χ1v) is 27.6. The zero-order valence-electron chi connectivity index (χ0n) is 41.6. The molecule has 0 aromatic carbocycles. The second-order valence-corrected chi connectivity index (χ2v) is 24.2. The lowest BCUT2D eigenvalue weighted by Gasteiger charge is -2.66. The van der Waals surface area contributed by atoms with E-state index in [0.29, 0.717) is 75.0 Å². The average Bonchev–Trinajstić information content (AvgIpc) is 3.74. The van der Waals surface area contributed by atoms with Crippen molar-refractivity contribution in [2.45, 2.75) is 234 Å². The van der Waals surface area contributed by atoms with Crippen molar-refractivity contribution < 1.29 is 50.4 Å². The predicted molar refractivity (Wildman–Crippen MR) is 259 cm³/mol. The minimum Gasteiger partial charge on any atom is -0.396 e. The van der Waals surface area contributed by atoms with Crippen LogP contribution in [0.4, 0.5) is 0 Å². The van der Waals surface area contributed by atoms with Crippen LogP contribution in [0.3, 0.4) is 0 Å². The molecule has 0 aromatic rings. The van der Waals surface area contributed by atoms with Gasteiger partial charge in [0.25, 0.3) is 0 Å². The highest BCUT2D eigenvalue weighted by Crippen LogP contribution is 2.74. The highest BCUT2D eigenvalue weighted by Gasteiger charge is 2.76. The zero-order valence-corrected chi connectivity index (χ0v) is 41.6. The Bertz CT molecular complexity index is 1920. The van der Waals surface area contributed by atoms with Crippen LogP contribution in [-0.4, -0.2) is 119 Å². The summed E-state index contributed by atoms with van der Waals surface area (Å²) >= 11 is 0. The molecule has 0 amide bonds. The molecule has 2 aliphatic heterocycles. The summed E-state index contributed by atoms with van der Waals surface area (Å²) in [7, 11) is 0. The molecule has 7 aliphatic carbocycles. The molecular weight excluding hydrogens is 863 g/mol. The Morgan fingerprint density at radius 1 is 0.926 bits per heavy atom. The first-order valence-electron chi connectivity index (χ1n) is 27.6. The van der Waals surface area contributed by atoms with Crippen LogP contribution in [0.1, 0.15) is 175 Å². The van der Waals surface area contributed by atoms with E-state index in [1.165, 1.54) is 6.42 Å². The van der Waals surface area contributed by atoms with E-state index < -0.39 is 70.0 Å². The number of fused-ring (bicyclic) bond motifs is 8. The number of nitrogens with one attached hydrogen (secondary N) is 2. The van der Waals surface area contributed by atoms with Gasteiger partial charge in [0.2, 0.25) is 0 Å². The molecule has 6 saturated carbocycles. The molecule has 68 heavy (non-hydrogen) atoms. The summed E-state index contributed by atoms with van der Waals surface area (Å²) in [6.45, 7) is 5.83. The van der Waals surface area contributed by atoms with Gasteiger partial charge in [-0.1, -0.05) is 51.5 Å². The number of rotatable bonds is 14. The number of Topliss-reactive ketones (excluding diaryl/α,β-unsaturated/α-hetero) is 1. The van der Waals surface area contributed by atoms with Crippen LogP contribution in [0.25, 0.3) is 0 Å². The predicted octanol–water partition coefficient (Wildman–Crippen LogP) is 5.30. The van der Waals surface area contributed by atoms with Gasteiger partial charge in [-0.2, -0.15) is 0 Å². The molecule has 0 radical (unpaired) electrons. The standard InChI is InChI=1S/C55H89N3O10/c1-4-10-33-15-18-36-43(19-16-33)68-50-46(36)40(61)14-8-24-55(50,67)51(3,65)44-23-27-54(66)47-37(22-26-53(44,54)35-11-6-5-7-12-35)52(25-21-34-17-20-45(56)58-39(34)13-9-28-59)30-42(63)41(62)29-38(52)49(64)48(47)57-31-32(2)60/h17,20,32-33,35-38,40-46,50,57-63,65-67H,4-16,18-19,21-31,56H2,1-3H3/t32-,33+,36+,37-,38-,40-,41+,42-,43+,44+,45?,46+,50+,51+,52+,53-,54+,55+/m0/s1. The fourth-order valence-electron chi connectivity index (χ4n) is 17.8. The SMILES string of the molecule is CCC[C@@H]1CC[C@H]2[C@H]3[C@@H](O[C@@H]2CC1)[C@@](O)([C@](C)(O)[C@H]1CC[C@@]2(O)C4=C(NC[C@H](C)O)C(=O)[C@@H]5C[C@@H](O)[C@@H](O)C[C@]5(CCC5=C(CCCO)NC(N)C=C5)[C@H]4CC[C@]12C1CCCCC1)CCC[C@@H]3O. The number of nitrogens with two attached hydrogens (primary N) is 1. The lowest BCUT2D eigenvalue weighted by Crippen LogP contribution is -2.71. The summed E-state index contributed by atoms with van der Waals surface area (Å²) < 4.78 is 7.11. The number of aliphatic hydroxyl groups excluding tert-OH is 5. The lowest BCUT2D eigenvalue weighted by molar-refractivity contribution is -0.264. The van der Waals surface area contributed by atoms with Crippen molar-refractivity contribution in [3.8, 4) is 0 Å². The average molecular weight is 952 g/mol. The summed E-state index contributed by atoms with van der Waals surface area (Å²) in [5.74, 6) is -1.44. The van der Waals surface area contributed by atoms with Crippen molar-refractivity contribution in [3.63, 3.8) is 0 Å². The second kappa shape index (κ2) is 19.8. The number of carbonyl (C=O) groups is 1. The third kappa shape index (κ3) is 8.32. The molecule has 9 aliphatic rings. The molecule has 9 rings (SSSR count). The number of carbonyl (C=O) groups excluding carboxylic acids is 1. The van der Waals surface area contributed by atoms with E-state index in [-0.39, 0.29) is 80.6 Å². The lowest BCUT2D eigenvalue weighted by atomic mass is 9.40. The Labute approximate surface area is 405 Å². The van der Waals surface area contributed by atoms with E-state index in [4.69, 9.17) is 10.5 Å². The molecule has 0 spiro atoms. The summed E-state index contributed by atoms with van der Waals surface area (Å²) in [6.07, 6.45) is 15.7. The van der Waals surface area contributed by atoms with Gasteiger partial charge in [0.15, 0.2) is 5.78 Å². The van der Waals surface area contributed by atoms with Crippen LogP contribution in [0.15, 0.2) is 34.7 Å². The van der Waals surface area contributed by atoms with Crippen LogP contribution in [0, 0.1) is 52.3 Å². The van der Waals surface area contributed by atoms with Gasteiger partial charge in [-0.15, -0.1) is 0 Å². The van der Waals surface area contributed by atoms with Gasteiger partial charge < -0.3 is 62.0 Å². The zero-order chi connectivity index (χ0) is 48.4. The van der Waals surface area contributed by atoms with Crippen molar-refractivity contribution >= 4 is 5.78 Å². The summed E-state index contributed by atoms with van der Waals surface area (Å²) in [5.41, 5.74) is 2.39. The third-order valence-corrected chi connectivity index (χ3v) is 20.8. The summed E-state index contributed by atoms with van der Waals surface area (Å²) in [6, 6.07) is 0. The molecule has 13 nitrogen and oxygen atoms in total. The molecule has 2 heterocycles. The minimum atomic E-state index is -1.75. The molecule has 0 aromatic heterocycles. The van der Waals surface area contributed by atoms with E-state index in [1.807, 2.05) is 19.1 Å². The van der Waals surface area contributed by atoms with Crippen LogP contribution in [0.5, 0.6) is 0 Å². The van der Waals surface area contributed by atoms with E-state index in [2.05, 4.69) is 17.6 Å². The van der Waals surface area contributed by atoms with E-state index >= 15 is 4.79 Å². The molecule has 18 atom stereocenters. The topological polar surface area (TPSA) is 238 Å². The molecule has 12 N–H and O–H groups in total. The molecule has 13 heteroatoms.